The van der Waals surface area contributed by atoms with Gasteiger partial charge in [-0.05, 0) is 65.8 Å². The van der Waals surface area contributed by atoms with E-state index >= 15 is 0 Å². The smallest absolute Gasteiger partial charge is 0.267 e. The largest absolute Gasteiger partial charge is 0.361 e. The number of aryl methyl sites for hydroxylation is 1. The zero-order valence-corrected chi connectivity index (χ0v) is 20.8. The summed E-state index contributed by atoms with van der Waals surface area (Å²) in [5.74, 6) is -0.828. The summed E-state index contributed by atoms with van der Waals surface area (Å²) in [6.07, 6.45) is 9.27. The van der Waals surface area contributed by atoms with Crippen molar-refractivity contribution in [2.24, 2.45) is 0 Å². The van der Waals surface area contributed by atoms with Crippen LogP contribution in [0.25, 0.3) is 17.0 Å². The van der Waals surface area contributed by atoms with E-state index in [2.05, 4.69) is 27.0 Å². The maximum absolute atomic E-state index is 13.6. The normalized spacial score (nSPS) is 15.3. The average Bonchev–Trinajstić information content (AvgIpc) is 3.57. The Hall–Kier alpha value is -3.10. The fourth-order valence-electron chi connectivity index (χ4n) is 5.02. The van der Waals surface area contributed by atoms with Crippen molar-refractivity contribution < 1.29 is 14.4 Å². The van der Waals surface area contributed by atoms with Crippen molar-refractivity contribution in [1.29, 1.82) is 0 Å². The lowest BCUT2D eigenvalue weighted by atomic mass is 10.0. The van der Waals surface area contributed by atoms with Gasteiger partial charge in [-0.3, -0.25) is 14.9 Å². The lowest BCUT2D eigenvalue weighted by Gasteiger charge is -2.29. The van der Waals surface area contributed by atoms with E-state index in [-0.39, 0.29) is 11.9 Å². The quantitative estimate of drug-likeness (QED) is 0.125. The van der Waals surface area contributed by atoms with Crippen molar-refractivity contribution in [3.05, 3.63) is 98.7 Å². The van der Waals surface area contributed by atoms with E-state index in [4.69, 9.17) is 28.4 Å². The molecule has 1 unspecified atom stereocenters. The first-order valence-corrected chi connectivity index (χ1v) is 12.4. The van der Waals surface area contributed by atoms with Gasteiger partial charge in [0.05, 0.1) is 10.0 Å². The van der Waals surface area contributed by atoms with Gasteiger partial charge in [0.2, 0.25) is 0 Å². The molecule has 0 saturated carbocycles. The molecule has 4 aromatic rings. The third kappa shape index (κ3) is 5.06. The molecular formula is C27H25Cl2FN4O2. The Bertz CT molecular complexity index is 1450. The van der Waals surface area contributed by atoms with Gasteiger partial charge in [-0.15, -0.1) is 0 Å². The van der Waals surface area contributed by atoms with Crippen LogP contribution in [0.3, 0.4) is 0 Å². The molecule has 9 heteroatoms. The second-order valence-electron chi connectivity index (χ2n) is 8.98. The number of nitrogens with zero attached hydrogens (tertiary/aromatic N) is 1. The number of hydrogen-bond donors (Lipinski definition) is 4. The van der Waals surface area contributed by atoms with Crippen LogP contribution in [0.4, 0.5) is 4.39 Å². The fourth-order valence-corrected chi connectivity index (χ4v) is 5.36. The molecule has 0 aliphatic heterocycles. The molecule has 2 aromatic heterocycles. The molecule has 6 nitrogen and oxygen atoms in total. The van der Waals surface area contributed by atoms with Gasteiger partial charge in [-0.1, -0.05) is 41.4 Å². The summed E-state index contributed by atoms with van der Waals surface area (Å²) < 4.78 is 13.6. The molecule has 0 spiro atoms. The van der Waals surface area contributed by atoms with Crippen LogP contribution in [0.5, 0.6) is 0 Å². The Labute approximate surface area is 217 Å². The van der Waals surface area contributed by atoms with Crippen molar-refractivity contribution in [3.63, 3.8) is 0 Å². The highest BCUT2D eigenvalue weighted by molar-refractivity contribution is 6.42. The van der Waals surface area contributed by atoms with Crippen LogP contribution < -0.4 is 5.48 Å². The van der Waals surface area contributed by atoms with Gasteiger partial charge in [0.15, 0.2) is 0 Å². The molecule has 0 fully saturated rings. The van der Waals surface area contributed by atoms with Crippen LogP contribution in [0.1, 0.15) is 40.4 Å². The van der Waals surface area contributed by atoms with Crippen LogP contribution in [0, 0.1) is 5.82 Å². The van der Waals surface area contributed by atoms with Crippen molar-refractivity contribution >= 4 is 46.1 Å². The minimum absolute atomic E-state index is 0.180. The maximum Gasteiger partial charge on any atom is 0.267 e. The molecule has 0 bridgehead atoms. The molecule has 186 valence electrons. The highest BCUT2D eigenvalue weighted by Crippen LogP contribution is 2.38. The van der Waals surface area contributed by atoms with E-state index in [0.717, 1.165) is 53.5 Å². The first-order chi connectivity index (χ1) is 17.4. The van der Waals surface area contributed by atoms with Crippen LogP contribution in [0.2, 0.25) is 10.0 Å². The lowest BCUT2D eigenvalue weighted by molar-refractivity contribution is -0.124. The number of aromatic nitrogens is 2. The zero-order valence-electron chi connectivity index (χ0n) is 19.3. The Morgan fingerprint density at radius 3 is 2.83 bits per heavy atom. The van der Waals surface area contributed by atoms with E-state index in [9.17, 15) is 9.18 Å². The fraction of sp³-hybridized carbons (Fsp3) is 0.222. The predicted molar refractivity (Wildman–Crippen MR) is 140 cm³/mol. The number of fused-ring (bicyclic) bond motifs is 2. The summed E-state index contributed by atoms with van der Waals surface area (Å²) in [4.78, 5) is 20.1. The third-order valence-electron chi connectivity index (χ3n) is 6.80. The van der Waals surface area contributed by atoms with E-state index in [1.54, 1.807) is 17.8 Å². The number of benzene rings is 2. The molecule has 2 heterocycles. The Morgan fingerprint density at radius 2 is 2.06 bits per heavy atom. The minimum atomic E-state index is -0.568. The second-order valence-corrected chi connectivity index (χ2v) is 9.76. The SMILES string of the molecule is O=C(C=Cc1ccc2c(c1)CCC2N(CCc1c[nH]c2cc(F)ccc12)Cc1[nH]cc(Cl)c1Cl)NO. The third-order valence-corrected chi connectivity index (χ3v) is 7.62. The van der Waals surface area contributed by atoms with Crippen molar-refractivity contribution in [2.75, 3.05) is 6.54 Å². The number of nitrogens with one attached hydrogen (secondary N) is 3. The molecule has 2 aromatic carbocycles. The van der Waals surface area contributed by atoms with E-state index < -0.39 is 5.91 Å². The number of halogens is 3. The van der Waals surface area contributed by atoms with Gasteiger partial charge in [-0.2, -0.15) is 0 Å². The van der Waals surface area contributed by atoms with Crippen molar-refractivity contribution in [3.8, 4) is 0 Å². The first kappa shape index (κ1) is 24.6. The Balaban J connectivity index is 1.41. The molecule has 1 aliphatic rings. The standard InChI is InChI=1S/C27H25Cl2FN4O2/c28-22-14-32-24(27(22)29)15-34(10-9-18-13-31-23-12-19(30)4-6-20(18)23)25-7-3-17-11-16(1-5-21(17)25)2-8-26(35)33-36/h1-2,4-6,8,11-14,25,31-32,36H,3,7,9-10,15H2,(H,33,35). The first-order valence-electron chi connectivity index (χ1n) is 11.7. The summed E-state index contributed by atoms with van der Waals surface area (Å²) in [6, 6.07) is 11.2. The van der Waals surface area contributed by atoms with Gasteiger partial charge >= 0.3 is 0 Å². The van der Waals surface area contributed by atoms with E-state index in [0.29, 0.717) is 16.6 Å². The summed E-state index contributed by atoms with van der Waals surface area (Å²) in [5.41, 5.74) is 7.76. The highest BCUT2D eigenvalue weighted by Gasteiger charge is 2.29. The summed E-state index contributed by atoms with van der Waals surface area (Å²) in [6.45, 7) is 1.37. The molecule has 4 N–H and O–H groups in total. The van der Waals surface area contributed by atoms with Gasteiger partial charge in [0.25, 0.3) is 5.91 Å². The molecule has 1 aliphatic carbocycles. The zero-order chi connectivity index (χ0) is 25.2. The summed E-state index contributed by atoms with van der Waals surface area (Å²) in [7, 11) is 0. The highest BCUT2D eigenvalue weighted by atomic mass is 35.5. The molecule has 5 rings (SSSR count). The van der Waals surface area contributed by atoms with Gasteiger partial charge < -0.3 is 9.97 Å². The summed E-state index contributed by atoms with van der Waals surface area (Å²) >= 11 is 12.7. The van der Waals surface area contributed by atoms with Crippen molar-refractivity contribution in [1.82, 2.24) is 20.3 Å². The van der Waals surface area contributed by atoms with Crippen LogP contribution in [-0.4, -0.2) is 32.5 Å². The number of hydroxylamine groups is 1. The molecule has 0 radical (unpaired) electrons. The van der Waals surface area contributed by atoms with Crippen LogP contribution in [-0.2, 0) is 24.2 Å². The van der Waals surface area contributed by atoms with Gasteiger partial charge in [0, 0.05) is 54.2 Å². The van der Waals surface area contributed by atoms with E-state index in [1.807, 2.05) is 18.3 Å². The number of amides is 1. The minimum Gasteiger partial charge on any atom is -0.361 e. The van der Waals surface area contributed by atoms with Crippen molar-refractivity contribution in [2.45, 2.75) is 31.8 Å². The number of rotatable bonds is 8. The number of H-pyrrole nitrogens is 2. The number of hydrogen-bond acceptors (Lipinski definition) is 3. The molecular weight excluding hydrogens is 502 g/mol. The lowest BCUT2D eigenvalue weighted by Crippen LogP contribution is -2.29. The molecule has 0 saturated heterocycles. The molecule has 1 atom stereocenters. The average molecular weight is 527 g/mol. The molecule has 36 heavy (non-hydrogen) atoms. The van der Waals surface area contributed by atoms with Crippen LogP contribution >= 0.6 is 23.2 Å². The van der Waals surface area contributed by atoms with Gasteiger partial charge in [-0.25, -0.2) is 9.87 Å². The Morgan fingerprint density at radius 1 is 1.19 bits per heavy atom. The predicted octanol–water partition coefficient (Wildman–Crippen LogP) is 6.19. The Kier molecular flexibility index (Phi) is 7.16. The second kappa shape index (κ2) is 10.5. The topological polar surface area (TPSA) is 84.2 Å². The summed E-state index contributed by atoms with van der Waals surface area (Å²) in [5, 5.41) is 10.8. The number of carbonyl (C=O) groups is 1. The molecule has 1 amide bonds. The monoisotopic (exact) mass is 526 g/mol. The maximum atomic E-state index is 13.6. The van der Waals surface area contributed by atoms with Gasteiger partial charge in [0.1, 0.15) is 5.82 Å². The number of aromatic amines is 2. The van der Waals surface area contributed by atoms with E-state index in [1.165, 1.54) is 29.3 Å². The van der Waals surface area contributed by atoms with Crippen LogP contribution in [0.15, 0.2) is 54.9 Å². The number of carbonyl (C=O) groups excluding carboxylic acids is 1.